The summed E-state index contributed by atoms with van der Waals surface area (Å²) in [6, 6.07) is 8.06. The monoisotopic (exact) mass is 283 g/mol. The van der Waals surface area contributed by atoms with E-state index >= 15 is 0 Å². The number of thiophene rings is 1. The lowest BCUT2D eigenvalue weighted by molar-refractivity contribution is 0.0572. The molecule has 1 saturated heterocycles. The van der Waals surface area contributed by atoms with Gasteiger partial charge in [-0.2, -0.15) is 0 Å². The van der Waals surface area contributed by atoms with Crippen LogP contribution >= 0.6 is 22.9 Å². The van der Waals surface area contributed by atoms with Crippen molar-refractivity contribution in [2.24, 2.45) is 0 Å². The summed E-state index contributed by atoms with van der Waals surface area (Å²) in [6.45, 7) is 1.70. The fourth-order valence-electron chi connectivity index (χ4n) is 2.35. The first-order chi connectivity index (χ1) is 8.65. The Kier molecular flexibility index (Phi) is 3.30. The SMILES string of the molecule is OC1CN(Cc2sc3ccccc3c2Cl)CC1O. The molecule has 0 saturated carbocycles. The maximum atomic E-state index is 9.53. The lowest BCUT2D eigenvalue weighted by atomic mass is 10.2. The summed E-state index contributed by atoms with van der Waals surface area (Å²) in [4.78, 5) is 3.13. The molecule has 2 heterocycles. The molecular weight excluding hydrogens is 270 g/mol. The van der Waals surface area contributed by atoms with Crippen LogP contribution in [0.25, 0.3) is 10.1 Å². The molecule has 0 aliphatic carbocycles. The van der Waals surface area contributed by atoms with Crippen LogP contribution in [0.2, 0.25) is 5.02 Å². The second kappa shape index (κ2) is 4.79. The molecular formula is C13H14ClNO2S. The predicted molar refractivity (Wildman–Crippen MR) is 74.1 cm³/mol. The van der Waals surface area contributed by atoms with E-state index < -0.39 is 12.2 Å². The van der Waals surface area contributed by atoms with Gasteiger partial charge >= 0.3 is 0 Å². The molecule has 0 radical (unpaired) electrons. The third-order valence-corrected chi connectivity index (χ3v) is 5.00. The third-order valence-electron chi connectivity index (χ3n) is 3.30. The van der Waals surface area contributed by atoms with E-state index in [4.69, 9.17) is 11.6 Å². The largest absolute Gasteiger partial charge is 0.389 e. The first-order valence-corrected chi connectivity index (χ1v) is 7.09. The van der Waals surface area contributed by atoms with E-state index in [0.717, 1.165) is 15.3 Å². The molecule has 3 rings (SSSR count). The van der Waals surface area contributed by atoms with Crippen molar-refractivity contribution in [1.29, 1.82) is 0 Å². The van der Waals surface area contributed by atoms with Crippen molar-refractivity contribution in [1.82, 2.24) is 4.90 Å². The van der Waals surface area contributed by atoms with Gasteiger partial charge in [0.25, 0.3) is 0 Å². The minimum Gasteiger partial charge on any atom is -0.389 e. The van der Waals surface area contributed by atoms with Crippen molar-refractivity contribution in [3.05, 3.63) is 34.2 Å². The zero-order valence-corrected chi connectivity index (χ0v) is 11.3. The fraction of sp³-hybridized carbons (Fsp3) is 0.385. The number of benzene rings is 1. The number of rotatable bonds is 2. The van der Waals surface area contributed by atoms with Gasteiger partial charge in [0.15, 0.2) is 0 Å². The van der Waals surface area contributed by atoms with Crippen LogP contribution in [0.15, 0.2) is 24.3 Å². The van der Waals surface area contributed by atoms with Gasteiger partial charge in [-0.1, -0.05) is 29.8 Å². The van der Waals surface area contributed by atoms with Crippen LogP contribution in [0.3, 0.4) is 0 Å². The summed E-state index contributed by atoms with van der Waals surface area (Å²) in [6.07, 6.45) is -1.28. The fourth-order valence-corrected chi connectivity index (χ4v) is 3.88. The number of aliphatic hydroxyl groups excluding tert-OH is 2. The maximum absolute atomic E-state index is 9.53. The highest BCUT2D eigenvalue weighted by molar-refractivity contribution is 7.19. The summed E-state index contributed by atoms with van der Waals surface area (Å²) in [7, 11) is 0. The van der Waals surface area contributed by atoms with Crippen molar-refractivity contribution in [3.63, 3.8) is 0 Å². The number of aliphatic hydroxyl groups is 2. The molecule has 2 atom stereocenters. The lowest BCUT2D eigenvalue weighted by Crippen LogP contribution is -2.22. The van der Waals surface area contributed by atoms with Gasteiger partial charge in [0.1, 0.15) is 0 Å². The molecule has 1 aromatic heterocycles. The third kappa shape index (κ3) is 2.15. The van der Waals surface area contributed by atoms with E-state index in [2.05, 4.69) is 6.07 Å². The van der Waals surface area contributed by atoms with Gasteiger partial charge in [0.05, 0.1) is 17.2 Å². The van der Waals surface area contributed by atoms with Crippen molar-refractivity contribution >= 4 is 33.0 Å². The van der Waals surface area contributed by atoms with Crippen LogP contribution in [0.4, 0.5) is 0 Å². The molecule has 5 heteroatoms. The van der Waals surface area contributed by atoms with Crippen LogP contribution in [-0.4, -0.2) is 40.4 Å². The Labute approximate surface area is 114 Å². The van der Waals surface area contributed by atoms with E-state index in [9.17, 15) is 10.2 Å². The highest BCUT2D eigenvalue weighted by Gasteiger charge is 2.30. The number of nitrogens with zero attached hydrogens (tertiary/aromatic N) is 1. The van der Waals surface area contributed by atoms with Crippen molar-refractivity contribution in [2.75, 3.05) is 13.1 Å². The molecule has 2 unspecified atom stereocenters. The molecule has 1 aliphatic heterocycles. The zero-order valence-electron chi connectivity index (χ0n) is 9.71. The molecule has 1 aliphatic rings. The van der Waals surface area contributed by atoms with Crippen molar-refractivity contribution in [3.8, 4) is 0 Å². The van der Waals surface area contributed by atoms with Crippen LogP contribution in [0, 0.1) is 0 Å². The lowest BCUT2D eigenvalue weighted by Gasteiger charge is -2.13. The number of hydrogen-bond acceptors (Lipinski definition) is 4. The van der Waals surface area contributed by atoms with Crippen molar-refractivity contribution in [2.45, 2.75) is 18.8 Å². The van der Waals surface area contributed by atoms with Crippen LogP contribution in [0.1, 0.15) is 4.88 Å². The normalized spacial score (nSPS) is 25.1. The Morgan fingerprint density at radius 1 is 1.22 bits per heavy atom. The minimum atomic E-state index is -0.641. The Bertz CT molecular complexity index is 561. The second-order valence-electron chi connectivity index (χ2n) is 4.66. The molecule has 0 spiro atoms. The minimum absolute atomic E-state index is 0.506. The van der Waals surface area contributed by atoms with Gasteiger partial charge in [-0.3, -0.25) is 4.90 Å². The number of hydrogen-bond donors (Lipinski definition) is 2. The smallest absolute Gasteiger partial charge is 0.0938 e. The molecule has 2 N–H and O–H groups in total. The van der Waals surface area contributed by atoms with E-state index in [1.807, 2.05) is 23.1 Å². The quantitative estimate of drug-likeness (QED) is 0.887. The van der Waals surface area contributed by atoms with Crippen molar-refractivity contribution < 1.29 is 10.2 Å². The number of halogens is 1. The topological polar surface area (TPSA) is 43.7 Å². The Morgan fingerprint density at radius 2 is 1.89 bits per heavy atom. The second-order valence-corrected chi connectivity index (χ2v) is 6.18. The number of fused-ring (bicyclic) bond motifs is 1. The summed E-state index contributed by atoms with van der Waals surface area (Å²) in [5.41, 5.74) is 0. The van der Waals surface area contributed by atoms with Crippen LogP contribution in [-0.2, 0) is 6.54 Å². The highest BCUT2D eigenvalue weighted by atomic mass is 35.5. The molecule has 3 nitrogen and oxygen atoms in total. The zero-order chi connectivity index (χ0) is 12.7. The molecule has 0 bridgehead atoms. The van der Waals surface area contributed by atoms with Gasteiger partial charge < -0.3 is 10.2 Å². The van der Waals surface area contributed by atoms with Gasteiger partial charge in [-0.05, 0) is 6.07 Å². The highest BCUT2D eigenvalue weighted by Crippen LogP contribution is 2.36. The average Bonchev–Trinajstić information content (AvgIpc) is 2.83. The molecule has 0 amide bonds. The number of likely N-dealkylation sites (tertiary alicyclic amines) is 1. The molecule has 1 aromatic carbocycles. The van der Waals surface area contributed by atoms with E-state index in [1.54, 1.807) is 11.3 Å². The molecule has 18 heavy (non-hydrogen) atoms. The van der Waals surface area contributed by atoms with E-state index in [1.165, 1.54) is 4.70 Å². The van der Waals surface area contributed by atoms with Gasteiger partial charge in [0.2, 0.25) is 0 Å². The first kappa shape index (κ1) is 12.4. The summed E-state index contributed by atoms with van der Waals surface area (Å²) in [5.74, 6) is 0. The van der Waals surface area contributed by atoms with Crippen LogP contribution in [0.5, 0.6) is 0 Å². The van der Waals surface area contributed by atoms with Gasteiger partial charge in [-0.15, -0.1) is 11.3 Å². The van der Waals surface area contributed by atoms with Gasteiger partial charge in [-0.25, -0.2) is 0 Å². The predicted octanol–water partition coefficient (Wildman–Crippen LogP) is 2.09. The molecule has 1 fully saturated rings. The first-order valence-electron chi connectivity index (χ1n) is 5.89. The maximum Gasteiger partial charge on any atom is 0.0938 e. The van der Waals surface area contributed by atoms with Crippen LogP contribution < -0.4 is 0 Å². The Morgan fingerprint density at radius 3 is 2.56 bits per heavy atom. The molecule has 96 valence electrons. The average molecular weight is 284 g/mol. The van der Waals surface area contributed by atoms with Gasteiger partial charge in [0, 0.05) is 34.6 Å². The summed E-state index contributed by atoms with van der Waals surface area (Å²) in [5, 5.41) is 20.9. The summed E-state index contributed by atoms with van der Waals surface area (Å²) >= 11 is 8.04. The van der Waals surface area contributed by atoms with E-state index in [0.29, 0.717) is 19.6 Å². The number of β-amino-alcohol motifs (C(OH)–C–C–N with tert-alkyl or cyclic N) is 2. The Hall–Kier alpha value is -0.650. The molecule has 2 aromatic rings. The standard InChI is InChI=1S/C13H14ClNO2S/c14-13-8-3-1-2-4-11(8)18-12(13)7-15-5-9(16)10(17)6-15/h1-4,9-10,16-17H,5-7H2. The Balaban J connectivity index is 1.85. The van der Waals surface area contributed by atoms with E-state index in [-0.39, 0.29) is 0 Å². The summed E-state index contributed by atoms with van der Waals surface area (Å²) < 4.78 is 1.18.